The molecule has 10 heteroatoms. The van der Waals surface area contributed by atoms with Gasteiger partial charge >= 0.3 is 0 Å². The van der Waals surface area contributed by atoms with Gasteiger partial charge < -0.3 is 16.0 Å². The van der Waals surface area contributed by atoms with Gasteiger partial charge in [0, 0.05) is 29.6 Å². The van der Waals surface area contributed by atoms with Crippen molar-refractivity contribution in [3.8, 4) is 22.9 Å². The Morgan fingerprint density at radius 3 is 2.66 bits per heavy atom. The van der Waals surface area contributed by atoms with Crippen LogP contribution in [0, 0.1) is 18.3 Å². The fraction of sp³-hybridized carbons (Fsp3) is 0.480. The molecular weight excluding hydrogens is 442 g/mol. The van der Waals surface area contributed by atoms with Crippen LogP contribution in [-0.2, 0) is 13.1 Å². The van der Waals surface area contributed by atoms with Crippen LogP contribution in [0.1, 0.15) is 48.7 Å². The Bertz CT molecular complexity index is 1400. The van der Waals surface area contributed by atoms with E-state index in [1.165, 1.54) is 25.7 Å². The number of rotatable bonds is 6. The molecule has 1 saturated heterocycles. The number of hydrogen-bond donors (Lipinski definition) is 3. The van der Waals surface area contributed by atoms with Crippen LogP contribution in [0.3, 0.4) is 0 Å². The highest BCUT2D eigenvalue weighted by atomic mass is 16.1. The molecule has 4 N–H and O–H groups in total. The molecule has 35 heavy (non-hydrogen) atoms. The summed E-state index contributed by atoms with van der Waals surface area (Å²) < 4.78 is 3.91. The van der Waals surface area contributed by atoms with Gasteiger partial charge in [0.1, 0.15) is 5.69 Å². The van der Waals surface area contributed by atoms with Gasteiger partial charge in [0.05, 0.1) is 17.4 Å². The summed E-state index contributed by atoms with van der Waals surface area (Å²) in [6, 6.07) is 5.60. The minimum absolute atomic E-state index is 0.435. The van der Waals surface area contributed by atoms with Crippen molar-refractivity contribution in [3.63, 3.8) is 0 Å². The molecule has 1 aliphatic heterocycles. The first-order valence-electron chi connectivity index (χ1n) is 12.4. The van der Waals surface area contributed by atoms with E-state index in [1.807, 2.05) is 41.5 Å². The monoisotopic (exact) mass is 473 g/mol. The van der Waals surface area contributed by atoms with Crippen LogP contribution in [0.15, 0.2) is 24.4 Å². The molecule has 2 aliphatic rings. The third-order valence-electron chi connectivity index (χ3n) is 7.77. The van der Waals surface area contributed by atoms with Gasteiger partial charge in [0.25, 0.3) is 0 Å². The molecular formula is C25H31N9O. The third kappa shape index (κ3) is 3.81. The van der Waals surface area contributed by atoms with Gasteiger partial charge in [-0.15, -0.1) is 10.2 Å². The minimum atomic E-state index is -0.474. The van der Waals surface area contributed by atoms with Crippen molar-refractivity contribution in [2.24, 2.45) is 17.1 Å². The smallest absolute Gasteiger partial charge is 0.248 e. The molecule has 6 rings (SSSR count). The molecule has 1 aliphatic carbocycles. The first-order chi connectivity index (χ1) is 16.9. The quantitative estimate of drug-likeness (QED) is 0.394. The summed E-state index contributed by atoms with van der Waals surface area (Å²) >= 11 is 0. The maximum Gasteiger partial charge on any atom is 0.248 e. The summed E-state index contributed by atoms with van der Waals surface area (Å²) in [5.74, 6) is 1.34. The summed E-state index contributed by atoms with van der Waals surface area (Å²) in [6.07, 6.45) is 6.88. The van der Waals surface area contributed by atoms with Crippen LogP contribution < -0.4 is 11.1 Å². The first-order valence-corrected chi connectivity index (χ1v) is 12.4. The van der Waals surface area contributed by atoms with Crippen LogP contribution in [0.25, 0.3) is 33.8 Å². The second-order valence-electron chi connectivity index (χ2n) is 10.2. The molecule has 2 fully saturated rings. The van der Waals surface area contributed by atoms with Gasteiger partial charge in [0.15, 0.2) is 11.6 Å². The van der Waals surface area contributed by atoms with Crippen molar-refractivity contribution in [1.29, 1.82) is 0 Å². The van der Waals surface area contributed by atoms with Crippen molar-refractivity contribution >= 4 is 16.8 Å². The number of aromatic amines is 1. The molecule has 10 nitrogen and oxygen atoms in total. The van der Waals surface area contributed by atoms with E-state index in [9.17, 15) is 4.79 Å². The second kappa shape index (κ2) is 8.30. The number of amides is 1. The molecule has 182 valence electrons. The maximum absolute atomic E-state index is 12.2. The van der Waals surface area contributed by atoms with Crippen molar-refractivity contribution in [2.45, 2.75) is 52.6 Å². The highest BCUT2D eigenvalue weighted by Crippen LogP contribution is 2.52. The molecule has 1 aromatic carbocycles. The van der Waals surface area contributed by atoms with E-state index in [2.05, 4.69) is 25.6 Å². The first kappa shape index (κ1) is 22.0. The van der Waals surface area contributed by atoms with Crippen molar-refractivity contribution < 1.29 is 4.79 Å². The van der Waals surface area contributed by atoms with Crippen LogP contribution >= 0.6 is 0 Å². The van der Waals surface area contributed by atoms with Gasteiger partial charge in [-0.3, -0.25) is 14.2 Å². The van der Waals surface area contributed by atoms with E-state index in [4.69, 9.17) is 10.8 Å². The zero-order valence-corrected chi connectivity index (χ0v) is 20.2. The number of fused-ring (bicyclic) bond motifs is 1. The summed E-state index contributed by atoms with van der Waals surface area (Å²) in [4.78, 5) is 15.5. The lowest BCUT2D eigenvalue weighted by Crippen LogP contribution is -2.46. The lowest BCUT2D eigenvalue weighted by molar-refractivity contribution is 0.0120. The lowest BCUT2D eigenvalue weighted by Gasteiger charge is -2.50. The maximum atomic E-state index is 12.2. The molecule has 0 atom stereocenters. The van der Waals surface area contributed by atoms with E-state index in [1.54, 1.807) is 6.07 Å². The lowest BCUT2D eigenvalue weighted by atomic mass is 9.58. The van der Waals surface area contributed by atoms with Crippen molar-refractivity contribution in [2.75, 3.05) is 13.1 Å². The molecule has 1 saturated carbocycles. The predicted octanol–water partition coefficient (Wildman–Crippen LogP) is 2.89. The number of aryl methyl sites for hydroxylation is 2. The topological polar surface area (TPSA) is 132 Å². The summed E-state index contributed by atoms with van der Waals surface area (Å²) in [5.41, 5.74) is 10.1. The number of nitrogens with two attached hydrogens (primary N) is 1. The number of primary amides is 1. The van der Waals surface area contributed by atoms with Gasteiger partial charge in [-0.05, 0) is 82.2 Å². The largest absolute Gasteiger partial charge is 0.366 e. The zero-order chi connectivity index (χ0) is 24.2. The number of hydrogen-bond acceptors (Lipinski definition) is 6. The number of aromatic nitrogens is 7. The fourth-order valence-corrected chi connectivity index (χ4v) is 6.04. The Morgan fingerprint density at radius 2 is 1.91 bits per heavy atom. The van der Waals surface area contributed by atoms with E-state index in [0.717, 1.165) is 54.0 Å². The molecule has 0 radical (unpaired) electrons. The number of nitrogens with zero attached hydrogens (tertiary/aromatic N) is 6. The van der Waals surface area contributed by atoms with Crippen LogP contribution in [-0.4, -0.2) is 53.7 Å². The van der Waals surface area contributed by atoms with Gasteiger partial charge in [-0.2, -0.15) is 10.2 Å². The SMILES string of the molecule is CCn1nc(C)cc1-c1nnc(-c2cc(C(N)=O)cc3c2cnn3CC2CC3(CCNCC3)C2)[nH]1. The second-order valence-corrected chi connectivity index (χ2v) is 10.2. The highest BCUT2D eigenvalue weighted by molar-refractivity contribution is 6.02. The normalized spacial score (nSPS) is 17.8. The Morgan fingerprint density at radius 1 is 1.14 bits per heavy atom. The summed E-state index contributed by atoms with van der Waals surface area (Å²) in [7, 11) is 0. The summed E-state index contributed by atoms with van der Waals surface area (Å²) in [5, 5.41) is 22.4. The Hall–Kier alpha value is -3.53. The minimum Gasteiger partial charge on any atom is -0.366 e. The molecule has 0 bridgehead atoms. The average Bonchev–Trinajstić information content (AvgIpc) is 3.56. The van der Waals surface area contributed by atoms with E-state index >= 15 is 0 Å². The number of H-pyrrole nitrogens is 1. The number of benzene rings is 1. The standard InChI is InChI=1S/C25H31N9O/c1-3-33-21(8-15(2)32-33)24-29-23(30-31-24)18-9-17(22(26)35)10-20-19(18)13-28-34(20)14-16-11-25(12-16)4-6-27-7-5-25/h8-10,13,16,27H,3-7,11-12,14H2,1-2H3,(H2,26,35)(H,29,30,31). The van der Waals surface area contributed by atoms with Gasteiger partial charge in [-0.25, -0.2) is 0 Å². The molecule has 0 unspecified atom stereocenters. The number of carbonyl (C=O) groups is 1. The van der Waals surface area contributed by atoms with Crippen molar-refractivity contribution in [1.82, 2.24) is 40.1 Å². The van der Waals surface area contributed by atoms with E-state index in [-0.39, 0.29) is 0 Å². The Balaban J connectivity index is 1.34. The molecule has 1 spiro atoms. The molecule has 4 heterocycles. The zero-order valence-electron chi connectivity index (χ0n) is 20.2. The van der Waals surface area contributed by atoms with Crippen LogP contribution in [0.4, 0.5) is 0 Å². The van der Waals surface area contributed by atoms with E-state index in [0.29, 0.717) is 28.5 Å². The number of carbonyl (C=O) groups excluding carboxylic acids is 1. The van der Waals surface area contributed by atoms with Gasteiger partial charge in [-0.1, -0.05) is 0 Å². The average molecular weight is 474 g/mol. The Labute approximate surface area is 203 Å². The molecule has 4 aromatic rings. The van der Waals surface area contributed by atoms with Gasteiger partial charge in [0.2, 0.25) is 5.91 Å². The summed E-state index contributed by atoms with van der Waals surface area (Å²) in [6.45, 7) is 7.82. The Kier molecular flexibility index (Phi) is 5.21. The molecule has 1 amide bonds. The van der Waals surface area contributed by atoms with Crippen molar-refractivity contribution in [3.05, 3.63) is 35.7 Å². The highest BCUT2D eigenvalue weighted by Gasteiger charge is 2.44. The predicted molar refractivity (Wildman–Crippen MR) is 133 cm³/mol. The number of piperidine rings is 1. The van der Waals surface area contributed by atoms with E-state index < -0.39 is 5.91 Å². The number of nitrogens with one attached hydrogen (secondary N) is 2. The fourth-order valence-electron chi connectivity index (χ4n) is 6.04. The van der Waals surface area contributed by atoms with Crippen LogP contribution in [0.2, 0.25) is 0 Å². The van der Waals surface area contributed by atoms with Crippen LogP contribution in [0.5, 0.6) is 0 Å². The third-order valence-corrected chi connectivity index (χ3v) is 7.77. The molecule has 3 aromatic heterocycles.